The number of rotatable bonds is 9. The van der Waals surface area contributed by atoms with Crippen molar-refractivity contribution in [2.24, 2.45) is 0 Å². The minimum atomic E-state index is -0.396. The zero-order valence-corrected chi connectivity index (χ0v) is 15.3. The Labute approximate surface area is 150 Å². The fraction of sp³-hybridized carbons (Fsp3) is 0.333. The summed E-state index contributed by atoms with van der Waals surface area (Å²) in [6.45, 7) is 2.08. The molecule has 0 aliphatic rings. The van der Waals surface area contributed by atoms with Gasteiger partial charge in [-0.1, -0.05) is 30.3 Å². The molecule has 24 heavy (non-hydrogen) atoms. The van der Waals surface area contributed by atoms with Crippen molar-refractivity contribution in [2.75, 3.05) is 17.7 Å². The first-order chi connectivity index (χ1) is 11.7. The van der Waals surface area contributed by atoms with Crippen LogP contribution in [0.4, 0.5) is 5.00 Å². The van der Waals surface area contributed by atoms with Crippen LogP contribution in [-0.2, 0) is 15.3 Å². The summed E-state index contributed by atoms with van der Waals surface area (Å²) >= 11 is 3.15. The molecule has 0 atom stereocenters. The first kappa shape index (κ1) is 18.5. The highest BCUT2D eigenvalue weighted by atomic mass is 32.2. The zero-order chi connectivity index (χ0) is 17.2. The van der Waals surface area contributed by atoms with Gasteiger partial charge in [0, 0.05) is 12.2 Å². The monoisotopic (exact) mass is 363 g/mol. The van der Waals surface area contributed by atoms with Crippen LogP contribution in [0.1, 0.15) is 35.7 Å². The third-order valence-corrected chi connectivity index (χ3v) is 5.16. The van der Waals surface area contributed by atoms with Crippen molar-refractivity contribution in [2.45, 2.75) is 25.5 Å². The first-order valence-corrected chi connectivity index (χ1v) is 9.90. The fourth-order valence-corrected chi connectivity index (χ4v) is 3.78. The average molecular weight is 364 g/mol. The second-order valence-corrected chi connectivity index (χ2v) is 7.10. The van der Waals surface area contributed by atoms with E-state index in [1.54, 1.807) is 18.4 Å². The molecule has 0 radical (unpaired) electrons. The summed E-state index contributed by atoms with van der Waals surface area (Å²) < 4.78 is 4.98. The molecule has 6 heteroatoms. The molecule has 2 aromatic rings. The number of carbonyl (C=O) groups excluding carboxylic acids is 2. The van der Waals surface area contributed by atoms with Gasteiger partial charge in [-0.3, -0.25) is 4.79 Å². The number of thioether (sulfide) groups is 1. The Bertz CT molecular complexity index is 655. The maximum Gasteiger partial charge on any atom is 0.341 e. The van der Waals surface area contributed by atoms with Gasteiger partial charge < -0.3 is 10.1 Å². The summed E-state index contributed by atoms with van der Waals surface area (Å²) in [6, 6.07) is 12.0. The van der Waals surface area contributed by atoms with E-state index >= 15 is 0 Å². The van der Waals surface area contributed by atoms with E-state index in [1.807, 2.05) is 30.0 Å². The van der Waals surface area contributed by atoms with Crippen LogP contribution in [0, 0.1) is 0 Å². The topological polar surface area (TPSA) is 55.4 Å². The van der Waals surface area contributed by atoms with Crippen LogP contribution in [0.2, 0.25) is 0 Å². The van der Waals surface area contributed by atoms with Crippen molar-refractivity contribution in [3.8, 4) is 0 Å². The van der Waals surface area contributed by atoms with Gasteiger partial charge >= 0.3 is 5.97 Å². The number of carbonyl (C=O) groups is 2. The third kappa shape index (κ3) is 6.02. The molecule has 0 spiro atoms. The molecule has 4 nitrogen and oxygen atoms in total. The zero-order valence-electron chi connectivity index (χ0n) is 13.6. The molecule has 128 valence electrons. The van der Waals surface area contributed by atoms with E-state index in [-0.39, 0.29) is 5.91 Å². The van der Waals surface area contributed by atoms with E-state index in [0.717, 1.165) is 17.9 Å². The Kier molecular flexibility index (Phi) is 7.85. The van der Waals surface area contributed by atoms with Crippen molar-refractivity contribution in [3.63, 3.8) is 0 Å². The van der Waals surface area contributed by atoms with Gasteiger partial charge in [0.15, 0.2) is 0 Å². The Morgan fingerprint density at radius 3 is 2.75 bits per heavy atom. The highest BCUT2D eigenvalue weighted by Crippen LogP contribution is 2.24. The van der Waals surface area contributed by atoms with Crippen molar-refractivity contribution in [1.29, 1.82) is 0 Å². The van der Waals surface area contributed by atoms with Crippen LogP contribution in [0.5, 0.6) is 0 Å². The van der Waals surface area contributed by atoms with Crippen LogP contribution in [-0.4, -0.2) is 24.2 Å². The molecule has 1 amide bonds. The van der Waals surface area contributed by atoms with Crippen LogP contribution >= 0.6 is 23.1 Å². The largest absolute Gasteiger partial charge is 0.462 e. The lowest BCUT2D eigenvalue weighted by atomic mass is 10.2. The molecule has 0 fully saturated rings. The maximum absolute atomic E-state index is 12.0. The first-order valence-electron chi connectivity index (χ1n) is 7.87. The lowest BCUT2D eigenvalue weighted by Gasteiger charge is -2.06. The van der Waals surface area contributed by atoms with E-state index in [1.165, 1.54) is 16.9 Å². The number of ether oxygens (including phenoxy) is 1. The number of thiophene rings is 1. The van der Waals surface area contributed by atoms with Crippen LogP contribution in [0.15, 0.2) is 41.8 Å². The molecule has 0 bridgehead atoms. The van der Waals surface area contributed by atoms with Gasteiger partial charge in [0.25, 0.3) is 0 Å². The van der Waals surface area contributed by atoms with Crippen molar-refractivity contribution >= 4 is 40.0 Å². The van der Waals surface area contributed by atoms with Crippen molar-refractivity contribution < 1.29 is 14.3 Å². The van der Waals surface area contributed by atoms with E-state index in [9.17, 15) is 9.59 Å². The Hall–Kier alpha value is -1.79. The van der Waals surface area contributed by atoms with E-state index < -0.39 is 5.97 Å². The van der Waals surface area contributed by atoms with E-state index in [4.69, 9.17) is 4.74 Å². The van der Waals surface area contributed by atoms with Crippen molar-refractivity contribution in [1.82, 2.24) is 0 Å². The lowest BCUT2D eigenvalue weighted by molar-refractivity contribution is -0.116. The predicted octanol–water partition coefficient (Wildman–Crippen LogP) is 4.58. The van der Waals surface area contributed by atoms with Gasteiger partial charge in [-0.15, -0.1) is 11.3 Å². The summed E-state index contributed by atoms with van der Waals surface area (Å²) in [6.07, 6.45) is 1.26. The van der Waals surface area contributed by atoms with Gasteiger partial charge in [-0.2, -0.15) is 11.8 Å². The van der Waals surface area contributed by atoms with Gasteiger partial charge in [0.05, 0.1) is 12.2 Å². The minimum absolute atomic E-state index is 0.0664. The molecule has 1 aromatic heterocycles. The summed E-state index contributed by atoms with van der Waals surface area (Å²) in [5.74, 6) is 1.42. The molecule has 2 rings (SSSR count). The fourth-order valence-electron chi connectivity index (χ4n) is 2.06. The minimum Gasteiger partial charge on any atom is -0.462 e. The second-order valence-electron chi connectivity index (χ2n) is 5.07. The van der Waals surface area contributed by atoms with Crippen LogP contribution in [0.3, 0.4) is 0 Å². The second kappa shape index (κ2) is 10.2. The molecular formula is C18H21NO3S2. The molecule has 1 N–H and O–H groups in total. The number of benzene rings is 1. The number of hydrogen-bond acceptors (Lipinski definition) is 5. The van der Waals surface area contributed by atoms with Gasteiger partial charge in [-0.25, -0.2) is 4.79 Å². The molecular weight excluding hydrogens is 342 g/mol. The maximum atomic E-state index is 12.0. The van der Waals surface area contributed by atoms with Gasteiger partial charge in [0.1, 0.15) is 5.00 Å². The highest BCUT2D eigenvalue weighted by molar-refractivity contribution is 7.98. The molecule has 0 aliphatic heterocycles. The van der Waals surface area contributed by atoms with Crippen LogP contribution in [0.25, 0.3) is 0 Å². The SMILES string of the molecule is CCOC(=O)c1ccsc1NC(=O)CCCSCc1ccccc1. The Balaban J connectivity index is 1.68. The molecule has 1 heterocycles. The molecule has 0 saturated heterocycles. The summed E-state index contributed by atoms with van der Waals surface area (Å²) in [5, 5.41) is 5.15. The normalized spacial score (nSPS) is 10.4. The predicted molar refractivity (Wildman–Crippen MR) is 101 cm³/mol. The van der Waals surface area contributed by atoms with Crippen LogP contribution < -0.4 is 5.32 Å². The van der Waals surface area contributed by atoms with Crippen molar-refractivity contribution in [3.05, 3.63) is 52.9 Å². The number of nitrogens with one attached hydrogen (secondary N) is 1. The highest BCUT2D eigenvalue weighted by Gasteiger charge is 2.15. The number of esters is 1. The van der Waals surface area contributed by atoms with Gasteiger partial charge in [-0.05, 0) is 36.1 Å². The number of hydrogen-bond donors (Lipinski definition) is 1. The molecule has 1 aromatic carbocycles. The van der Waals surface area contributed by atoms with E-state index in [0.29, 0.717) is 23.6 Å². The molecule has 0 unspecified atom stereocenters. The number of anilines is 1. The quantitative estimate of drug-likeness (QED) is 0.523. The molecule has 0 saturated carbocycles. The lowest BCUT2D eigenvalue weighted by Crippen LogP contribution is -2.14. The average Bonchev–Trinajstić information content (AvgIpc) is 3.04. The van der Waals surface area contributed by atoms with E-state index in [2.05, 4.69) is 17.4 Å². The summed E-state index contributed by atoms with van der Waals surface area (Å²) in [5.41, 5.74) is 1.72. The Morgan fingerprint density at radius 1 is 1.21 bits per heavy atom. The summed E-state index contributed by atoms with van der Waals surface area (Å²) in [7, 11) is 0. The smallest absolute Gasteiger partial charge is 0.341 e. The van der Waals surface area contributed by atoms with Gasteiger partial charge in [0.2, 0.25) is 5.91 Å². The Morgan fingerprint density at radius 2 is 2.00 bits per heavy atom. The molecule has 0 aliphatic carbocycles. The summed E-state index contributed by atoms with van der Waals surface area (Å²) in [4.78, 5) is 23.8. The standard InChI is InChI=1S/C18H21NO3S2/c1-2-22-18(21)15-10-12-24-17(15)19-16(20)9-6-11-23-13-14-7-4-3-5-8-14/h3-5,7-8,10,12H,2,6,9,11,13H2,1H3,(H,19,20). The third-order valence-electron chi connectivity index (χ3n) is 3.22. The number of amides is 1.